The Morgan fingerprint density at radius 1 is 1.39 bits per heavy atom. The molecule has 1 aromatic heterocycles. The second-order valence-electron chi connectivity index (χ2n) is 4.51. The van der Waals surface area contributed by atoms with Gasteiger partial charge in [-0.25, -0.2) is 14.9 Å². The summed E-state index contributed by atoms with van der Waals surface area (Å²) in [5.74, 6) is 0. The smallest absolute Gasteiger partial charge is 0.427 e. The number of halogens is 3. The lowest BCUT2D eigenvalue weighted by Crippen LogP contribution is -2.16. The summed E-state index contributed by atoms with van der Waals surface area (Å²) in [6, 6.07) is 5.26. The van der Waals surface area contributed by atoms with Crippen LogP contribution in [0, 0.1) is 6.92 Å². The van der Waals surface area contributed by atoms with Gasteiger partial charge in [-0.3, -0.25) is 0 Å². The average Bonchev–Trinajstić information content (AvgIpc) is 2.78. The van der Waals surface area contributed by atoms with Gasteiger partial charge in [0.05, 0.1) is 31.1 Å². The molecule has 122 valence electrons. The van der Waals surface area contributed by atoms with Gasteiger partial charge in [0.2, 0.25) is 0 Å². The highest BCUT2D eigenvalue weighted by Gasteiger charge is 2.14. The number of aryl methyl sites for hydroxylation is 1. The summed E-state index contributed by atoms with van der Waals surface area (Å²) in [5.41, 5.74) is 4.12. The number of benzene rings is 1. The van der Waals surface area contributed by atoms with Crippen LogP contribution in [0.5, 0.6) is 0 Å². The number of hydrogen-bond acceptors (Lipinski definition) is 4. The Morgan fingerprint density at radius 3 is 2.65 bits per heavy atom. The molecule has 2 rings (SSSR count). The molecule has 0 aliphatic rings. The van der Waals surface area contributed by atoms with Gasteiger partial charge in [-0.05, 0) is 19.1 Å². The van der Waals surface area contributed by atoms with Gasteiger partial charge in [0, 0.05) is 15.6 Å². The molecule has 1 heterocycles. The summed E-state index contributed by atoms with van der Waals surface area (Å²) in [6.07, 6.45) is 0.719. The molecule has 0 radical (unpaired) electrons. The largest absolute Gasteiger partial charge is 0.452 e. The number of methoxy groups -OCH3 is 1. The van der Waals surface area contributed by atoms with Crippen molar-refractivity contribution in [1.29, 1.82) is 0 Å². The summed E-state index contributed by atoms with van der Waals surface area (Å²) in [5, 5.41) is 9.51. The number of hydrogen-bond donors (Lipinski definition) is 1. The molecule has 0 saturated carbocycles. The highest BCUT2D eigenvalue weighted by atomic mass is 35.5. The molecule has 1 N–H and O–H groups in total. The van der Waals surface area contributed by atoms with Gasteiger partial charge in [-0.15, -0.1) is 0 Å². The van der Waals surface area contributed by atoms with E-state index in [0.717, 1.165) is 5.56 Å². The number of carbonyl (C=O) groups excluding carboxylic acids is 1. The van der Waals surface area contributed by atoms with Crippen LogP contribution in [0.2, 0.25) is 15.2 Å². The Morgan fingerprint density at radius 2 is 2.04 bits per heavy atom. The predicted octanol–water partition coefficient (Wildman–Crippen LogP) is 3.89. The van der Waals surface area contributed by atoms with Gasteiger partial charge in [-0.2, -0.15) is 10.2 Å². The Labute approximate surface area is 148 Å². The van der Waals surface area contributed by atoms with Crippen molar-refractivity contribution in [3.05, 3.63) is 50.2 Å². The van der Waals surface area contributed by atoms with Gasteiger partial charge >= 0.3 is 6.09 Å². The van der Waals surface area contributed by atoms with E-state index in [4.69, 9.17) is 34.8 Å². The van der Waals surface area contributed by atoms with Crippen molar-refractivity contribution >= 4 is 47.1 Å². The molecule has 0 spiro atoms. The zero-order valence-electron chi connectivity index (χ0n) is 12.3. The second kappa shape index (κ2) is 7.68. The molecular formula is C14H13Cl3N4O2. The summed E-state index contributed by atoms with van der Waals surface area (Å²) in [6.45, 7) is 2.09. The van der Waals surface area contributed by atoms with Crippen LogP contribution < -0.4 is 5.43 Å². The number of hydrazone groups is 1. The zero-order valence-corrected chi connectivity index (χ0v) is 14.6. The number of amides is 1. The van der Waals surface area contributed by atoms with Gasteiger partial charge in [0.1, 0.15) is 5.15 Å². The van der Waals surface area contributed by atoms with E-state index in [0.29, 0.717) is 33.0 Å². The van der Waals surface area contributed by atoms with Gasteiger partial charge in [-0.1, -0.05) is 40.9 Å². The Hall–Kier alpha value is -1.76. The van der Waals surface area contributed by atoms with Crippen molar-refractivity contribution in [1.82, 2.24) is 15.2 Å². The molecule has 2 aromatic rings. The van der Waals surface area contributed by atoms with Crippen molar-refractivity contribution in [3.63, 3.8) is 0 Å². The lowest BCUT2D eigenvalue weighted by atomic mass is 10.2. The van der Waals surface area contributed by atoms with Crippen LogP contribution in [-0.4, -0.2) is 29.2 Å². The fraction of sp³-hybridized carbons (Fsp3) is 0.214. The molecule has 0 aliphatic carbocycles. The van der Waals surface area contributed by atoms with E-state index in [9.17, 15) is 4.79 Å². The molecular weight excluding hydrogens is 363 g/mol. The highest BCUT2D eigenvalue weighted by molar-refractivity contribution is 6.36. The first-order valence-electron chi connectivity index (χ1n) is 6.46. The summed E-state index contributed by atoms with van der Waals surface area (Å²) in [4.78, 5) is 11.0. The minimum atomic E-state index is -0.676. The average molecular weight is 376 g/mol. The lowest BCUT2D eigenvalue weighted by Gasteiger charge is -2.08. The van der Waals surface area contributed by atoms with Crippen LogP contribution in [0.25, 0.3) is 0 Å². The molecule has 1 amide bonds. The van der Waals surface area contributed by atoms with Crippen LogP contribution in [0.4, 0.5) is 4.79 Å². The Kier molecular flexibility index (Phi) is 5.87. The number of nitrogens with one attached hydrogen (secondary N) is 1. The van der Waals surface area contributed by atoms with E-state index in [1.165, 1.54) is 13.3 Å². The molecule has 23 heavy (non-hydrogen) atoms. The third-order valence-corrected chi connectivity index (χ3v) is 4.12. The number of nitrogens with zero attached hydrogens (tertiary/aromatic N) is 3. The normalized spacial score (nSPS) is 11.0. The molecule has 0 aliphatic heterocycles. The van der Waals surface area contributed by atoms with Crippen LogP contribution >= 0.6 is 34.8 Å². The van der Waals surface area contributed by atoms with Crippen LogP contribution in [0.3, 0.4) is 0 Å². The zero-order chi connectivity index (χ0) is 17.0. The molecule has 0 fully saturated rings. The maximum atomic E-state index is 11.0. The van der Waals surface area contributed by atoms with Crippen molar-refractivity contribution in [2.45, 2.75) is 13.5 Å². The Balaban J connectivity index is 2.25. The minimum absolute atomic E-state index is 0.316. The number of ether oxygens (including phenoxy) is 1. The Bertz CT molecular complexity index is 738. The van der Waals surface area contributed by atoms with E-state index in [2.05, 4.69) is 20.4 Å². The van der Waals surface area contributed by atoms with Crippen molar-refractivity contribution < 1.29 is 9.53 Å². The maximum absolute atomic E-state index is 11.0. The number of rotatable bonds is 4. The third-order valence-electron chi connectivity index (χ3n) is 3.01. The monoisotopic (exact) mass is 374 g/mol. The second-order valence-corrected chi connectivity index (χ2v) is 5.68. The van der Waals surface area contributed by atoms with Gasteiger partial charge in [0.15, 0.2) is 0 Å². The maximum Gasteiger partial charge on any atom is 0.427 e. The van der Waals surface area contributed by atoms with Crippen molar-refractivity contribution in [2.75, 3.05) is 7.11 Å². The predicted molar refractivity (Wildman–Crippen MR) is 90.7 cm³/mol. The molecule has 1 aromatic carbocycles. The standard InChI is InChI=1S/C14H13Cl3N4O2/c1-8-9(6-18-19-14(22)23-2)13(17)21(20-8)7-10-11(15)4-3-5-12(10)16/h3-6H,7H2,1-2H3,(H,19,22). The third kappa shape index (κ3) is 4.16. The summed E-state index contributed by atoms with van der Waals surface area (Å²) >= 11 is 18.6. The fourth-order valence-electron chi connectivity index (χ4n) is 1.85. The molecule has 0 saturated heterocycles. The fourth-order valence-corrected chi connectivity index (χ4v) is 2.65. The summed E-state index contributed by atoms with van der Waals surface area (Å²) < 4.78 is 5.97. The number of aromatic nitrogens is 2. The molecule has 0 atom stereocenters. The van der Waals surface area contributed by atoms with Gasteiger partial charge in [0.25, 0.3) is 0 Å². The van der Waals surface area contributed by atoms with Crippen molar-refractivity contribution in [3.8, 4) is 0 Å². The minimum Gasteiger partial charge on any atom is -0.452 e. The van der Waals surface area contributed by atoms with Crippen LogP contribution in [0.15, 0.2) is 23.3 Å². The quantitative estimate of drug-likeness (QED) is 0.651. The SMILES string of the molecule is COC(=O)NN=Cc1c(C)nn(Cc2c(Cl)cccc2Cl)c1Cl. The topological polar surface area (TPSA) is 68.5 Å². The van der Waals surface area contributed by atoms with Gasteiger partial charge < -0.3 is 4.74 Å². The van der Waals surface area contributed by atoms with E-state index in [-0.39, 0.29) is 0 Å². The molecule has 0 unspecified atom stereocenters. The summed E-state index contributed by atoms with van der Waals surface area (Å²) in [7, 11) is 1.24. The van der Waals surface area contributed by atoms with E-state index in [1.54, 1.807) is 29.8 Å². The first kappa shape index (κ1) is 17.6. The van der Waals surface area contributed by atoms with E-state index >= 15 is 0 Å². The molecule has 0 bridgehead atoms. The van der Waals surface area contributed by atoms with E-state index in [1.807, 2.05) is 0 Å². The number of carbonyl (C=O) groups is 1. The molecule has 9 heteroatoms. The van der Waals surface area contributed by atoms with Crippen LogP contribution in [0.1, 0.15) is 16.8 Å². The first-order valence-corrected chi connectivity index (χ1v) is 7.60. The van der Waals surface area contributed by atoms with Crippen molar-refractivity contribution in [2.24, 2.45) is 5.10 Å². The van der Waals surface area contributed by atoms with E-state index < -0.39 is 6.09 Å². The van der Waals surface area contributed by atoms with Crippen LogP contribution in [-0.2, 0) is 11.3 Å². The lowest BCUT2D eigenvalue weighted by molar-refractivity contribution is 0.171. The highest BCUT2D eigenvalue weighted by Crippen LogP contribution is 2.27. The first-order chi connectivity index (χ1) is 10.9. The molecule has 6 nitrogen and oxygen atoms in total.